The third-order valence-electron chi connectivity index (χ3n) is 3.67. The number of halogens is 1. The first-order valence-corrected chi connectivity index (χ1v) is 6.35. The van der Waals surface area contributed by atoms with Gasteiger partial charge >= 0.3 is 0 Å². The van der Waals surface area contributed by atoms with Crippen molar-refractivity contribution < 1.29 is 0 Å². The maximum absolute atomic E-state index is 5.94. The topological polar surface area (TPSA) is 29.9 Å². The van der Waals surface area contributed by atoms with Crippen LogP contribution in [0, 0.1) is 5.41 Å². The Morgan fingerprint density at radius 1 is 1.50 bits per heavy atom. The quantitative estimate of drug-likeness (QED) is 0.879. The number of nitrogens with one attached hydrogen (secondary N) is 1. The second kappa shape index (κ2) is 4.76. The number of hydrogen-bond acceptors (Lipinski definition) is 2. The van der Waals surface area contributed by atoms with Crippen molar-refractivity contribution in [2.75, 3.05) is 6.54 Å². The maximum atomic E-state index is 5.94. The van der Waals surface area contributed by atoms with E-state index in [1.165, 1.54) is 25.7 Å². The van der Waals surface area contributed by atoms with Crippen LogP contribution in [-0.2, 0) is 13.6 Å². The number of aromatic nitrogens is 2. The Morgan fingerprint density at radius 3 is 2.75 bits per heavy atom. The molecule has 0 aromatic carbocycles. The summed E-state index contributed by atoms with van der Waals surface area (Å²) in [6, 6.07) is 0. The van der Waals surface area contributed by atoms with E-state index < -0.39 is 0 Å². The Morgan fingerprint density at radius 2 is 2.19 bits per heavy atom. The third kappa shape index (κ3) is 2.58. The zero-order valence-electron chi connectivity index (χ0n) is 10.1. The molecule has 0 saturated heterocycles. The van der Waals surface area contributed by atoms with Crippen molar-refractivity contribution in [3.63, 3.8) is 0 Å². The van der Waals surface area contributed by atoms with E-state index >= 15 is 0 Å². The van der Waals surface area contributed by atoms with Crippen LogP contribution < -0.4 is 5.32 Å². The molecular formula is C12H20ClN3. The molecule has 0 amide bonds. The second-order valence-electron chi connectivity index (χ2n) is 5.18. The fourth-order valence-corrected chi connectivity index (χ4v) is 2.62. The predicted octanol–water partition coefficient (Wildman–Crippen LogP) is 2.74. The van der Waals surface area contributed by atoms with Crippen LogP contribution in [0.25, 0.3) is 0 Å². The first kappa shape index (κ1) is 11.9. The fourth-order valence-electron chi connectivity index (χ4n) is 2.47. The highest BCUT2D eigenvalue weighted by Gasteiger charge is 2.27. The molecule has 0 unspecified atom stereocenters. The van der Waals surface area contributed by atoms with Gasteiger partial charge in [0.05, 0.1) is 12.7 Å². The monoisotopic (exact) mass is 241 g/mol. The highest BCUT2D eigenvalue weighted by molar-refractivity contribution is 6.29. The maximum Gasteiger partial charge on any atom is 0.128 e. The Hall–Kier alpha value is -0.540. The summed E-state index contributed by atoms with van der Waals surface area (Å²) >= 11 is 5.94. The molecule has 1 aliphatic rings. The van der Waals surface area contributed by atoms with Crippen molar-refractivity contribution in [2.45, 2.75) is 39.2 Å². The third-order valence-corrected chi connectivity index (χ3v) is 4.02. The molecule has 3 nitrogen and oxygen atoms in total. The van der Waals surface area contributed by atoms with Gasteiger partial charge in [0.25, 0.3) is 0 Å². The van der Waals surface area contributed by atoms with Crippen molar-refractivity contribution in [2.24, 2.45) is 12.5 Å². The molecule has 0 atom stereocenters. The molecule has 1 fully saturated rings. The average molecular weight is 242 g/mol. The van der Waals surface area contributed by atoms with Gasteiger partial charge in [0, 0.05) is 13.6 Å². The summed E-state index contributed by atoms with van der Waals surface area (Å²) in [5.74, 6) is 1.01. The minimum Gasteiger partial charge on any atom is -0.321 e. The predicted molar refractivity (Wildman–Crippen MR) is 66.5 cm³/mol. The minimum absolute atomic E-state index is 0.495. The van der Waals surface area contributed by atoms with E-state index in [9.17, 15) is 0 Å². The molecule has 0 bridgehead atoms. The van der Waals surface area contributed by atoms with E-state index in [1.54, 1.807) is 6.20 Å². The Bertz CT molecular complexity index is 353. The summed E-state index contributed by atoms with van der Waals surface area (Å²) < 4.78 is 1.92. The summed E-state index contributed by atoms with van der Waals surface area (Å²) in [6.07, 6.45) is 7.16. The van der Waals surface area contributed by atoms with Gasteiger partial charge in [-0.3, -0.25) is 0 Å². The van der Waals surface area contributed by atoms with Crippen molar-refractivity contribution in [3.8, 4) is 0 Å². The van der Waals surface area contributed by atoms with E-state index in [0.29, 0.717) is 10.6 Å². The normalized spacial score (nSPS) is 19.2. The van der Waals surface area contributed by atoms with E-state index in [4.69, 9.17) is 11.6 Å². The van der Waals surface area contributed by atoms with E-state index in [0.717, 1.165) is 18.9 Å². The van der Waals surface area contributed by atoms with Crippen LogP contribution in [0.2, 0.25) is 5.15 Å². The molecule has 1 saturated carbocycles. The number of nitrogens with zero attached hydrogens (tertiary/aromatic N) is 2. The number of rotatable bonds is 4. The lowest BCUT2D eigenvalue weighted by atomic mass is 9.89. The van der Waals surface area contributed by atoms with E-state index in [2.05, 4.69) is 17.2 Å². The van der Waals surface area contributed by atoms with Gasteiger partial charge in [0.1, 0.15) is 11.0 Å². The molecule has 0 aliphatic heterocycles. The summed E-state index contributed by atoms with van der Waals surface area (Å²) in [4.78, 5) is 4.27. The largest absolute Gasteiger partial charge is 0.321 e. The summed E-state index contributed by atoms with van der Waals surface area (Å²) in [5, 5.41) is 4.19. The molecule has 0 spiro atoms. The lowest BCUT2D eigenvalue weighted by Gasteiger charge is -2.23. The van der Waals surface area contributed by atoms with Crippen LogP contribution in [0.15, 0.2) is 6.20 Å². The highest BCUT2D eigenvalue weighted by atomic mass is 35.5. The van der Waals surface area contributed by atoms with Gasteiger partial charge in [-0.25, -0.2) is 4.98 Å². The lowest BCUT2D eigenvalue weighted by Crippen LogP contribution is -2.29. The summed E-state index contributed by atoms with van der Waals surface area (Å²) in [5.41, 5.74) is 0.495. The SMILES string of the molecule is Cn1c(Cl)cnc1CNCC1(C)CCCC1. The summed E-state index contributed by atoms with van der Waals surface area (Å²) in [6.45, 7) is 4.26. The van der Waals surface area contributed by atoms with Crippen molar-refractivity contribution in [3.05, 3.63) is 17.2 Å². The van der Waals surface area contributed by atoms with Crippen LogP contribution in [-0.4, -0.2) is 16.1 Å². The lowest BCUT2D eigenvalue weighted by molar-refractivity contribution is 0.312. The molecular weight excluding hydrogens is 222 g/mol. The zero-order valence-corrected chi connectivity index (χ0v) is 10.8. The minimum atomic E-state index is 0.495. The van der Waals surface area contributed by atoms with Gasteiger partial charge in [-0.15, -0.1) is 0 Å². The van der Waals surface area contributed by atoms with Gasteiger partial charge in [-0.2, -0.15) is 0 Å². The highest BCUT2D eigenvalue weighted by Crippen LogP contribution is 2.36. The van der Waals surface area contributed by atoms with Gasteiger partial charge in [-0.1, -0.05) is 31.4 Å². The molecule has 16 heavy (non-hydrogen) atoms. The zero-order chi connectivity index (χ0) is 11.6. The first-order valence-electron chi connectivity index (χ1n) is 5.98. The Kier molecular flexibility index (Phi) is 3.55. The number of imidazole rings is 1. The van der Waals surface area contributed by atoms with Crippen LogP contribution >= 0.6 is 11.6 Å². The summed E-state index contributed by atoms with van der Waals surface area (Å²) in [7, 11) is 1.95. The van der Waals surface area contributed by atoms with Gasteiger partial charge in [-0.05, 0) is 18.3 Å². The van der Waals surface area contributed by atoms with Gasteiger partial charge in [0.15, 0.2) is 0 Å². The molecule has 1 N–H and O–H groups in total. The molecule has 90 valence electrons. The van der Waals surface area contributed by atoms with Gasteiger partial charge in [0.2, 0.25) is 0 Å². The van der Waals surface area contributed by atoms with Crippen LogP contribution in [0.5, 0.6) is 0 Å². The van der Waals surface area contributed by atoms with Crippen LogP contribution in [0.1, 0.15) is 38.4 Å². The van der Waals surface area contributed by atoms with Crippen molar-refractivity contribution in [1.82, 2.24) is 14.9 Å². The number of hydrogen-bond donors (Lipinski definition) is 1. The van der Waals surface area contributed by atoms with Crippen molar-refractivity contribution in [1.29, 1.82) is 0 Å². The van der Waals surface area contributed by atoms with E-state index in [-0.39, 0.29) is 0 Å². The Labute approximate surface area is 102 Å². The molecule has 0 radical (unpaired) electrons. The molecule has 1 aliphatic carbocycles. The van der Waals surface area contributed by atoms with E-state index in [1.807, 2.05) is 11.6 Å². The molecule has 1 aromatic rings. The average Bonchev–Trinajstić information content (AvgIpc) is 2.80. The van der Waals surface area contributed by atoms with Crippen LogP contribution in [0.4, 0.5) is 0 Å². The van der Waals surface area contributed by atoms with Crippen LogP contribution in [0.3, 0.4) is 0 Å². The first-order chi connectivity index (χ1) is 7.61. The second-order valence-corrected chi connectivity index (χ2v) is 5.56. The van der Waals surface area contributed by atoms with Crippen molar-refractivity contribution >= 4 is 11.6 Å². The smallest absolute Gasteiger partial charge is 0.128 e. The fraction of sp³-hybridized carbons (Fsp3) is 0.750. The molecule has 1 aromatic heterocycles. The van der Waals surface area contributed by atoms with Gasteiger partial charge < -0.3 is 9.88 Å². The molecule has 4 heteroatoms. The molecule has 1 heterocycles. The standard InChI is InChI=1S/C12H20ClN3/c1-12(5-3-4-6-12)9-14-8-11-15-7-10(13)16(11)2/h7,14H,3-6,8-9H2,1-2H3. The Balaban J connectivity index is 1.82. The molecule has 2 rings (SSSR count).